The average Bonchev–Trinajstić information content (AvgIpc) is 3.57. The van der Waals surface area contributed by atoms with E-state index in [0.29, 0.717) is 29.4 Å². The molecule has 3 aliphatic rings. The maximum absolute atomic E-state index is 9.63. The molecule has 2 aromatic rings. The lowest BCUT2D eigenvalue weighted by Crippen LogP contribution is -2.20. The van der Waals surface area contributed by atoms with Crippen molar-refractivity contribution in [2.24, 2.45) is 17.8 Å². The number of pyridine rings is 1. The number of aliphatic hydroxyl groups is 1. The summed E-state index contributed by atoms with van der Waals surface area (Å²) in [7, 11) is 1.69. The Morgan fingerprint density at radius 2 is 1.84 bits per heavy atom. The number of aromatic nitrogens is 3. The summed E-state index contributed by atoms with van der Waals surface area (Å²) in [4.78, 5) is 14.3. The number of ether oxygens (including phenoxy) is 2. The summed E-state index contributed by atoms with van der Waals surface area (Å²) in [6, 6.07) is 4.27. The van der Waals surface area contributed by atoms with E-state index in [9.17, 15) is 5.11 Å². The van der Waals surface area contributed by atoms with E-state index in [-0.39, 0.29) is 12.6 Å². The van der Waals surface area contributed by atoms with Crippen LogP contribution in [0.3, 0.4) is 0 Å². The van der Waals surface area contributed by atoms with E-state index in [0.717, 1.165) is 66.7 Å². The zero-order valence-electron chi connectivity index (χ0n) is 22.4. The van der Waals surface area contributed by atoms with E-state index in [1.165, 1.54) is 32.1 Å². The molecule has 37 heavy (non-hydrogen) atoms. The minimum absolute atomic E-state index is 0.234. The number of hydrogen-bond donors (Lipinski definition) is 3. The van der Waals surface area contributed by atoms with Gasteiger partial charge < -0.3 is 25.2 Å². The van der Waals surface area contributed by atoms with E-state index >= 15 is 0 Å². The summed E-state index contributed by atoms with van der Waals surface area (Å²) < 4.78 is 12.0. The molecule has 0 spiro atoms. The van der Waals surface area contributed by atoms with Gasteiger partial charge in [-0.2, -0.15) is 4.98 Å². The lowest BCUT2D eigenvalue weighted by molar-refractivity contribution is 0.175. The summed E-state index contributed by atoms with van der Waals surface area (Å²) in [6.45, 7) is 5.86. The van der Waals surface area contributed by atoms with Crippen molar-refractivity contribution < 1.29 is 14.6 Å². The fourth-order valence-corrected chi connectivity index (χ4v) is 5.24. The Labute approximate surface area is 220 Å². The molecule has 3 aliphatic carbocycles. The second-order valence-corrected chi connectivity index (χ2v) is 11.1. The number of anilines is 2. The van der Waals surface area contributed by atoms with Gasteiger partial charge in [-0.3, -0.25) is 0 Å². The largest absolute Gasteiger partial charge is 0.496 e. The van der Waals surface area contributed by atoms with Crippen LogP contribution in [0, 0.1) is 31.6 Å². The first-order valence-electron chi connectivity index (χ1n) is 13.9. The molecule has 0 aliphatic heterocycles. The Hall–Kier alpha value is -2.87. The van der Waals surface area contributed by atoms with E-state index in [4.69, 9.17) is 19.4 Å². The molecule has 8 nitrogen and oxygen atoms in total. The first-order valence-corrected chi connectivity index (χ1v) is 13.9. The van der Waals surface area contributed by atoms with Gasteiger partial charge in [0.2, 0.25) is 11.8 Å². The van der Waals surface area contributed by atoms with Crippen molar-refractivity contribution in [1.29, 1.82) is 0 Å². The van der Waals surface area contributed by atoms with Crippen LogP contribution in [-0.2, 0) is 4.74 Å². The van der Waals surface area contributed by atoms with Crippen molar-refractivity contribution in [3.05, 3.63) is 34.6 Å². The van der Waals surface area contributed by atoms with Gasteiger partial charge in [0.25, 0.3) is 0 Å². The smallest absolute Gasteiger partial charge is 0.224 e. The predicted octanol–water partition coefficient (Wildman–Crippen LogP) is 5.21. The SMILES string of the molecule is CO/C(=C\c1cc(C)nc(OCC2CCC2)c1)c1c(C)nc(NCC2CC2)nc1NC1CCC(CO)C1. The molecule has 0 aromatic carbocycles. The van der Waals surface area contributed by atoms with Crippen molar-refractivity contribution in [1.82, 2.24) is 15.0 Å². The van der Waals surface area contributed by atoms with Crippen molar-refractivity contribution in [2.75, 3.05) is 37.5 Å². The van der Waals surface area contributed by atoms with E-state index in [1.54, 1.807) is 7.11 Å². The summed E-state index contributed by atoms with van der Waals surface area (Å²) in [6.07, 6.45) is 11.3. The van der Waals surface area contributed by atoms with Crippen LogP contribution in [0.2, 0.25) is 0 Å². The van der Waals surface area contributed by atoms with Crippen LogP contribution >= 0.6 is 0 Å². The second kappa shape index (κ2) is 11.7. The number of methoxy groups -OCH3 is 1. The molecule has 0 saturated heterocycles. The van der Waals surface area contributed by atoms with Crippen LogP contribution in [0.25, 0.3) is 11.8 Å². The van der Waals surface area contributed by atoms with Crippen LogP contribution in [0.15, 0.2) is 12.1 Å². The molecule has 2 heterocycles. The van der Waals surface area contributed by atoms with E-state index in [2.05, 4.69) is 15.6 Å². The molecule has 0 bridgehead atoms. The number of hydrogen-bond acceptors (Lipinski definition) is 8. The highest BCUT2D eigenvalue weighted by Gasteiger charge is 2.27. The third-order valence-electron chi connectivity index (χ3n) is 7.88. The van der Waals surface area contributed by atoms with E-state index < -0.39 is 0 Å². The molecule has 2 aromatic heterocycles. The Kier molecular flexibility index (Phi) is 8.13. The van der Waals surface area contributed by atoms with Gasteiger partial charge in [0.05, 0.1) is 25.0 Å². The molecule has 0 amide bonds. The molecule has 200 valence electrons. The fourth-order valence-electron chi connectivity index (χ4n) is 5.24. The molecule has 3 saturated carbocycles. The van der Waals surface area contributed by atoms with Crippen molar-refractivity contribution in [3.8, 4) is 5.88 Å². The van der Waals surface area contributed by atoms with Crippen molar-refractivity contribution in [2.45, 2.75) is 71.3 Å². The average molecular weight is 508 g/mol. The predicted molar refractivity (Wildman–Crippen MR) is 147 cm³/mol. The second-order valence-electron chi connectivity index (χ2n) is 11.1. The molecule has 0 radical (unpaired) electrons. The highest BCUT2D eigenvalue weighted by molar-refractivity contribution is 5.83. The Bertz CT molecular complexity index is 1110. The first kappa shape index (κ1) is 25.8. The van der Waals surface area contributed by atoms with Gasteiger partial charge in [0.1, 0.15) is 11.6 Å². The van der Waals surface area contributed by atoms with Gasteiger partial charge in [0.15, 0.2) is 0 Å². The van der Waals surface area contributed by atoms with Gasteiger partial charge in [-0.1, -0.05) is 6.42 Å². The van der Waals surface area contributed by atoms with Crippen LogP contribution in [-0.4, -0.2) is 53.0 Å². The number of nitrogens with one attached hydrogen (secondary N) is 2. The third kappa shape index (κ3) is 6.72. The maximum atomic E-state index is 9.63. The summed E-state index contributed by atoms with van der Waals surface area (Å²) >= 11 is 0. The summed E-state index contributed by atoms with van der Waals surface area (Å²) in [5.41, 5.74) is 3.58. The molecule has 8 heteroatoms. The topological polar surface area (TPSA) is 101 Å². The molecule has 2 unspecified atom stereocenters. The highest BCUT2D eigenvalue weighted by atomic mass is 16.5. The fraction of sp³-hybridized carbons (Fsp3) is 0.621. The minimum atomic E-state index is 0.234. The zero-order chi connectivity index (χ0) is 25.8. The van der Waals surface area contributed by atoms with E-state index in [1.807, 2.05) is 32.1 Å². The molecule has 3 N–H and O–H groups in total. The van der Waals surface area contributed by atoms with Gasteiger partial charge in [-0.05, 0) is 94.3 Å². The molecule has 2 atom stereocenters. The maximum Gasteiger partial charge on any atom is 0.224 e. The quantitative estimate of drug-likeness (QED) is 0.337. The number of rotatable bonds is 12. The standard InChI is InChI=1S/C29H41N5O3/c1-18-11-23(14-26(31-18)37-17-21-5-4-6-21)13-25(36-3)27-19(2)32-29(30-15-20-7-8-20)34-28(27)33-24-10-9-22(12-24)16-35/h11,13-14,20-22,24,35H,4-10,12,15-17H2,1-3H3,(H2,30,32,33,34)/b25-13-. The zero-order valence-corrected chi connectivity index (χ0v) is 22.4. The monoisotopic (exact) mass is 507 g/mol. The number of aliphatic hydroxyl groups excluding tert-OH is 1. The van der Waals surface area contributed by atoms with Crippen molar-refractivity contribution >= 4 is 23.6 Å². The number of aryl methyl sites for hydroxylation is 2. The number of nitrogens with zero attached hydrogens (tertiary/aromatic N) is 3. The summed E-state index contributed by atoms with van der Waals surface area (Å²) in [5, 5.41) is 16.7. The van der Waals surface area contributed by atoms with Crippen LogP contribution in [0.1, 0.15) is 73.9 Å². The Morgan fingerprint density at radius 3 is 2.51 bits per heavy atom. The third-order valence-corrected chi connectivity index (χ3v) is 7.88. The lowest BCUT2D eigenvalue weighted by atomic mass is 9.86. The summed E-state index contributed by atoms with van der Waals surface area (Å²) in [5.74, 6) is 4.49. The van der Waals surface area contributed by atoms with Crippen LogP contribution in [0.5, 0.6) is 5.88 Å². The van der Waals surface area contributed by atoms with Crippen LogP contribution in [0.4, 0.5) is 11.8 Å². The van der Waals surface area contributed by atoms with Gasteiger partial charge in [-0.15, -0.1) is 0 Å². The Balaban J connectivity index is 1.43. The van der Waals surface area contributed by atoms with Crippen molar-refractivity contribution in [3.63, 3.8) is 0 Å². The molecule has 5 rings (SSSR count). The van der Waals surface area contributed by atoms with Gasteiger partial charge in [-0.25, -0.2) is 9.97 Å². The molecular weight excluding hydrogens is 466 g/mol. The van der Waals surface area contributed by atoms with Gasteiger partial charge in [0, 0.05) is 31.0 Å². The normalized spacial score (nSPS) is 22.0. The highest BCUT2D eigenvalue weighted by Crippen LogP contribution is 2.34. The first-order chi connectivity index (χ1) is 18.0. The molecular formula is C29H41N5O3. The Morgan fingerprint density at radius 1 is 1.03 bits per heavy atom. The minimum Gasteiger partial charge on any atom is -0.496 e. The lowest BCUT2D eigenvalue weighted by Gasteiger charge is -2.24. The van der Waals surface area contributed by atoms with Gasteiger partial charge >= 0.3 is 0 Å². The molecule has 3 fully saturated rings. The van der Waals surface area contributed by atoms with Crippen LogP contribution < -0.4 is 15.4 Å².